The van der Waals surface area contributed by atoms with Crippen molar-refractivity contribution in [2.75, 3.05) is 40.3 Å². The number of hydrogen-bond acceptors (Lipinski definition) is 5. The Hall–Kier alpha value is -1.65. The number of thiophene rings is 1. The van der Waals surface area contributed by atoms with Crippen molar-refractivity contribution in [3.8, 4) is 0 Å². The molecule has 0 bridgehead atoms. The van der Waals surface area contributed by atoms with Crippen molar-refractivity contribution in [2.24, 2.45) is 10.9 Å². The van der Waals surface area contributed by atoms with Crippen LogP contribution >= 0.6 is 11.3 Å². The van der Waals surface area contributed by atoms with Gasteiger partial charge in [0.2, 0.25) is 15.9 Å². The Kier molecular flexibility index (Phi) is 8.26. The predicted octanol–water partition coefficient (Wildman–Crippen LogP) is 1.07. The quantitative estimate of drug-likeness (QED) is 0.342. The van der Waals surface area contributed by atoms with E-state index in [0.717, 1.165) is 41.6 Å². The van der Waals surface area contributed by atoms with Crippen molar-refractivity contribution in [1.29, 1.82) is 0 Å². The molecule has 1 aliphatic heterocycles. The first kappa shape index (κ1) is 22.6. The zero-order valence-corrected chi connectivity index (χ0v) is 18.7. The molecule has 10 heteroatoms. The Morgan fingerprint density at radius 3 is 2.50 bits per heavy atom. The van der Waals surface area contributed by atoms with Crippen molar-refractivity contribution in [1.82, 2.24) is 20.3 Å². The molecule has 158 valence electrons. The summed E-state index contributed by atoms with van der Waals surface area (Å²) in [6.45, 7) is 6.12. The lowest BCUT2D eigenvalue weighted by Crippen LogP contribution is -2.47. The van der Waals surface area contributed by atoms with Crippen LogP contribution in [0.15, 0.2) is 16.0 Å². The van der Waals surface area contributed by atoms with Crippen LogP contribution in [0.3, 0.4) is 0 Å². The number of nitrogens with zero attached hydrogens (tertiary/aromatic N) is 2. The van der Waals surface area contributed by atoms with Gasteiger partial charge in [-0.2, -0.15) is 0 Å². The fourth-order valence-electron chi connectivity index (χ4n) is 3.36. The zero-order chi connectivity index (χ0) is 20.7. The van der Waals surface area contributed by atoms with Crippen LogP contribution in [0, 0.1) is 19.8 Å². The van der Waals surface area contributed by atoms with Crippen LogP contribution in [0.4, 0.5) is 0 Å². The number of carbonyl (C=O) groups is 1. The summed E-state index contributed by atoms with van der Waals surface area (Å²) in [5.74, 6) is 1.25. The summed E-state index contributed by atoms with van der Waals surface area (Å²) in [5, 5.41) is 5.90. The Balaban J connectivity index is 1.77. The first-order valence-electron chi connectivity index (χ1n) is 9.49. The van der Waals surface area contributed by atoms with Gasteiger partial charge in [0.05, 0.1) is 4.90 Å². The van der Waals surface area contributed by atoms with Gasteiger partial charge < -0.3 is 15.5 Å². The maximum Gasteiger partial charge on any atom is 0.241 e. The highest BCUT2D eigenvalue weighted by Gasteiger charge is 2.23. The van der Waals surface area contributed by atoms with Gasteiger partial charge in [0.15, 0.2) is 5.96 Å². The highest BCUT2D eigenvalue weighted by molar-refractivity contribution is 7.89. The monoisotopic (exact) mass is 429 g/mol. The second kappa shape index (κ2) is 10.2. The first-order valence-corrected chi connectivity index (χ1v) is 11.8. The number of aliphatic imine (C=N–C) groups is 1. The van der Waals surface area contributed by atoms with Gasteiger partial charge in [-0.25, -0.2) is 13.1 Å². The molecule has 2 heterocycles. The summed E-state index contributed by atoms with van der Waals surface area (Å²) < 4.78 is 27.5. The lowest BCUT2D eigenvalue weighted by Gasteiger charge is -2.34. The lowest BCUT2D eigenvalue weighted by atomic mass is 9.93. The predicted molar refractivity (Wildman–Crippen MR) is 113 cm³/mol. The molecule has 0 saturated carbocycles. The van der Waals surface area contributed by atoms with Crippen LogP contribution in [-0.4, -0.2) is 65.5 Å². The fourth-order valence-corrected chi connectivity index (χ4v) is 5.94. The minimum Gasteiger partial charge on any atom is -0.359 e. The molecule has 0 aliphatic carbocycles. The second-order valence-electron chi connectivity index (χ2n) is 6.96. The van der Waals surface area contributed by atoms with E-state index < -0.39 is 10.0 Å². The third-order valence-electron chi connectivity index (χ3n) is 4.86. The number of nitrogens with one attached hydrogen (secondary N) is 3. The van der Waals surface area contributed by atoms with Gasteiger partial charge in [-0.05, 0) is 38.7 Å². The molecule has 1 fully saturated rings. The molecule has 1 saturated heterocycles. The van der Waals surface area contributed by atoms with Crippen molar-refractivity contribution in [3.05, 3.63) is 15.8 Å². The summed E-state index contributed by atoms with van der Waals surface area (Å²) >= 11 is 1.48. The fraction of sp³-hybridized carbons (Fsp3) is 0.667. The number of carbonyl (C=O) groups excluding carboxylic acids is 1. The highest BCUT2D eigenvalue weighted by Crippen LogP contribution is 2.24. The average Bonchev–Trinajstić information content (AvgIpc) is 3.01. The Labute approximate surface area is 171 Å². The minimum absolute atomic E-state index is 0.0873. The van der Waals surface area contributed by atoms with Crippen LogP contribution < -0.4 is 15.4 Å². The molecular weight excluding hydrogens is 398 g/mol. The number of rotatable bonds is 7. The van der Waals surface area contributed by atoms with Gasteiger partial charge >= 0.3 is 0 Å². The number of amides is 1. The van der Waals surface area contributed by atoms with E-state index >= 15 is 0 Å². The lowest BCUT2D eigenvalue weighted by molar-refractivity contribution is -0.121. The number of sulfonamides is 1. The standard InChI is InChI=1S/C18H31N5O3S2/c1-13-11-16(14(2)27-13)28(25,26)22-8-7-21-18(20-4)23-9-5-15(6-10-23)12-17(24)19-3/h11,15,22H,5-10,12H2,1-4H3,(H,19,24)(H,20,21). The van der Waals surface area contributed by atoms with E-state index in [1.54, 1.807) is 20.2 Å². The van der Waals surface area contributed by atoms with E-state index in [1.165, 1.54) is 11.3 Å². The topological polar surface area (TPSA) is 103 Å². The molecule has 8 nitrogen and oxygen atoms in total. The Bertz CT molecular complexity index is 796. The molecule has 0 atom stereocenters. The number of aryl methyl sites for hydroxylation is 2. The third-order valence-corrected chi connectivity index (χ3v) is 7.55. The van der Waals surface area contributed by atoms with E-state index in [0.29, 0.717) is 23.8 Å². The summed E-state index contributed by atoms with van der Waals surface area (Å²) in [5.41, 5.74) is 0. The molecule has 1 aromatic rings. The van der Waals surface area contributed by atoms with Crippen LogP contribution in [0.5, 0.6) is 0 Å². The van der Waals surface area contributed by atoms with Gasteiger partial charge in [-0.3, -0.25) is 9.79 Å². The molecule has 1 aromatic heterocycles. The molecule has 1 aliphatic rings. The summed E-state index contributed by atoms with van der Waals surface area (Å²) in [6, 6.07) is 1.71. The van der Waals surface area contributed by atoms with E-state index in [2.05, 4.69) is 25.2 Å². The SMILES string of the molecule is CN=C(NCCNS(=O)(=O)c1cc(C)sc1C)N1CCC(CC(=O)NC)CC1. The van der Waals surface area contributed by atoms with Crippen molar-refractivity contribution in [2.45, 2.75) is 38.0 Å². The zero-order valence-electron chi connectivity index (χ0n) is 17.0. The molecule has 0 aromatic carbocycles. The number of likely N-dealkylation sites (tertiary alicyclic amines) is 1. The molecule has 0 radical (unpaired) electrons. The summed E-state index contributed by atoms with van der Waals surface area (Å²) in [7, 11) is -0.104. The van der Waals surface area contributed by atoms with Crippen molar-refractivity contribution < 1.29 is 13.2 Å². The summed E-state index contributed by atoms with van der Waals surface area (Å²) in [4.78, 5) is 20.1. The van der Waals surface area contributed by atoms with Gasteiger partial charge in [0, 0.05) is 56.4 Å². The van der Waals surface area contributed by atoms with Crippen LogP contribution in [-0.2, 0) is 14.8 Å². The van der Waals surface area contributed by atoms with Gasteiger partial charge in [0.1, 0.15) is 0 Å². The van der Waals surface area contributed by atoms with Gasteiger partial charge in [-0.15, -0.1) is 11.3 Å². The number of guanidine groups is 1. The molecule has 3 N–H and O–H groups in total. The first-order chi connectivity index (χ1) is 13.3. The maximum atomic E-state index is 12.4. The molecular formula is C18H31N5O3S2. The number of hydrogen-bond donors (Lipinski definition) is 3. The smallest absolute Gasteiger partial charge is 0.241 e. The van der Waals surface area contributed by atoms with E-state index in [-0.39, 0.29) is 12.5 Å². The van der Waals surface area contributed by atoms with Crippen LogP contribution in [0.1, 0.15) is 29.0 Å². The van der Waals surface area contributed by atoms with Gasteiger partial charge in [-0.1, -0.05) is 0 Å². The molecule has 0 spiro atoms. The highest BCUT2D eigenvalue weighted by atomic mass is 32.2. The van der Waals surface area contributed by atoms with Crippen molar-refractivity contribution in [3.63, 3.8) is 0 Å². The third kappa shape index (κ3) is 6.18. The van der Waals surface area contributed by atoms with E-state index in [4.69, 9.17) is 0 Å². The van der Waals surface area contributed by atoms with Gasteiger partial charge in [0.25, 0.3) is 0 Å². The van der Waals surface area contributed by atoms with E-state index in [9.17, 15) is 13.2 Å². The van der Waals surface area contributed by atoms with E-state index in [1.807, 2.05) is 13.8 Å². The normalized spacial score (nSPS) is 16.3. The van der Waals surface area contributed by atoms with Crippen LogP contribution in [0.2, 0.25) is 0 Å². The van der Waals surface area contributed by atoms with Crippen molar-refractivity contribution >= 4 is 33.2 Å². The Morgan fingerprint density at radius 1 is 1.29 bits per heavy atom. The molecule has 1 amide bonds. The maximum absolute atomic E-state index is 12.4. The molecule has 2 rings (SSSR count). The largest absolute Gasteiger partial charge is 0.359 e. The second-order valence-corrected chi connectivity index (χ2v) is 10.2. The number of piperidine rings is 1. The van der Waals surface area contributed by atoms with Crippen LogP contribution in [0.25, 0.3) is 0 Å². The molecule has 28 heavy (non-hydrogen) atoms. The average molecular weight is 430 g/mol. The Morgan fingerprint density at radius 2 is 1.96 bits per heavy atom. The minimum atomic E-state index is -3.49. The summed E-state index contributed by atoms with van der Waals surface area (Å²) in [6.07, 6.45) is 2.45. The molecule has 0 unspecified atom stereocenters.